The van der Waals surface area contributed by atoms with Crippen molar-refractivity contribution < 1.29 is 0 Å². The predicted octanol–water partition coefficient (Wildman–Crippen LogP) is 4.25. The summed E-state index contributed by atoms with van der Waals surface area (Å²) in [4.78, 5) is 0. The molecule has 2 saturated carbocycles. The zero-order valence-electron chi connectivity index (χ0n) is 9.26. The van der Waals surface area contributed by atoms with Crippen LogP contribution < -0.4 is 0 Å². The van der Waals surface area contributed by atoms with E-state index in [0.717, 1.165) is 23.7 Å². The van der Waals surface area contributed by atoms with Crippen LogP contribution in [0.4, 0.5) is 0 Å². The SMILES string of the molecule is CC[C@@H]1CC2CCCC2C[C@@H]1CC. The summed E-state index contributed by atoms with van der Waals surface area (Å²) < 4.78 is 0. The molecule has 4 atom stereocenters. The molecule has 0 heteroatoms. The molecule has 0 aromatic carbocycles. The van der Waals surface area contributed by atoms with E-state index in [1.807, 2.05) is 0 Å². The van der Waals surface area contributed by atoms with Crippen molar-refractivity contribution in [3.05, 3.63) is 0 Å². The molecule has 0 aromatic rings. The van der Waals surface area contributed by atoms with E-state index in [4.69, 9.17) is 0 Å². The first-order valence-corrected chi connectivity index (χ1v) is 6.35. The van der Waals surface area contributed by atoms with Crippen molar-refractivity contribution in [2.24, 2.45) is 23.7 Å². The summed E-state index contributed by atoms with van der Waals surface area (Å²) in [6.45, 7) is 4.78. The highest BCUT2D eigenvalue weighted by atomic mass is 14.4. The van der Waals surface area contributed by atoms with Crippen LogP contribution in [0, 0.1) is 23.7 Å². The summed E-state index contributed by atoms with van der Waals surface area (Å²) in [7, 11) is 0. The molecule has 0 nitrogen and oxygen atoms in total. The molecule has 13 heavy (non-hydrogen) atoms. The van der Waals surface area contributed by atoms with E-state index in [0.29, 0.717) is 0 Å². The molecule has 0 aliphatic heterocycles. The average Bonchev–Trinajstić information content (AvgIpc) is 2.62. The maximum atomic E-state index is 2.39. The van der Waals surface area contributed by atoms with Crippen molar-refractivity contribution in [2.75, 3.05) is 0 Å². The molecule has 0 radical (unpaired) electrons. The molecule has 76 valence electrons. The number of rotatable bonds is 2. The van der Waals surface area contributed by atoms with Crippen molar-refractivity contribution >= 4 is 0 Å². The highest BCUT2D eigenvalue weighted by Gasteiger charge is 2.37. The molecule has 0 bridgehead atoms. The minimum atomic E-state index is 1.07. The van der Waals surface area contributed by atoms with Gasteiger partial charge < -0.3 is 0 Å². The largest absolute Gasteiger partial charge is 0.0651 e. The standard InChI is InChI=1S/C13H24/c1-3-10-8-12-6-5-7-13(12)9-11(10)4-2/h10-13H,3-9H2,1-2H3/t10-,11+,12?,13?. The third kappa shape index (κ3) is 1.78. The Labute approximate surface area is 83.1 Å². The lowest BCUT2D eigenvalue weighted by atomic mass is 9.68. The fraction of sp³-hybridized carbons (Fsp3) is 1.00. The van der Waals surface area contributed by atoms with Crippen LogP contribution in [-0.2, 0) is 0 Å². The summed E-state index contributed by atoms with van der Waals surface area (Å²) in [6.07, 6.45) is 10.6. The van der Waals surface area contributed by atoms with Gasteiger partial charge >= 0.3 is 0 Å². The first-order chi connectivity index (χ1) is 6.35. The van der Waals surface area contributed by atoms with Gasteiger partial charge in [-0.2, -0.15) is 0 Å². The molecule has 0 spiro atoms. The Kier molecular flexibility index (Phi) is 2.96. The van der Waals surface area contributed by atoms with E-state index in [1.54, 1.807) is 25.7 Å². The Morgan fingerprint density at radius 3 is 1.69 bits per heavy atom. The molecule has 2 unspecified atom stereocenters. The van der Waals surface area contributed by atoms with Gasteiger partial charge in [0.05, 0.1) is 0 Å². The monoisotopic (exact) mass is 180 g/mol. The number of fused-ring (bicyclic) bond motifs is 1. The van der Waals surface area contributed by atoms with E-state index in [9.17, 15) is 0 Å². The van der Waals surface area contributed by atoms with Gasteiger partial charge in [0.2, 0.25) is 0 Å². The Balaban J connectivity index is 1.99. The highest BCUT2D eigenvalue weighted by molar-refractivity contribution is 4.88. The quantitative estimate of drug-likeness (QED) is 0.596. The van der Waals surface area contributed by atoms with E-state index in [-0.39, 0.29) is 0 Å². The Morgan fingerprint density at radius 1 is 0.846 bits per heavy atom. The van der Waals surface area contributed by atoms with Crippen LogP contribution in [0.25, 0.3) is 0 Å². The zero-order chi connectivity index (χ0) is 9.26. The van der Waals surface area contributed by atoms with Gasteiger partial charge in [0.15, 0.2) is 0 Å². The summed E-state index contributed by atoms with van der Waals surface area (Å²) >= 11 is 0. The molecule has 0 N–H and O–H groups in total. The van der Waals surface area contributed by atoms with Crippen LogP contribution in [0.1, 0.15) is 58.8 Å². The summed E-state index contributed by atoms with van der Waals surface area (Å²) in [5.74, 6) is 4.41. The average molecular weight is 180 g/mol. The fourth-order valence-corrected chi connectivity index (χ4v) is 3.90. The lowest BCUT2D eigenvalue weighted by Crippen LogP contribution is -2.28. The van der Waals surface area contributed by atoms with Crippen LogP contribution in [-0.4, -0.2) is 0 Å². The molecule has 0 saturated heterocycles. The van der Waals surface area contributed by atoms with Crippen LogP contribution in [0.15, 0.2) is 0 Å². The molecule has 0 aromatic heterocycles. The minimum Gasteiger partial charge on any atom is -0.0651 e. The second-order valence-electron chi connectivity index (χ2n) is 5.26. The molecule has 0 amide bonds. The summed E-state index contributed by atoms with van der Waals surface area (Å²) in [6, 6.07) is 0. The maximum Gasteiger partial charge on any atom is -0.0383 e. The molecule has 2 aliphatic rings. The van der Waals surface area contributed by atoms with E-state index in [2.05, 4.69) is 13.8 Å². The second-order valence-corrected chi connectivity index (χ2v) is 5.26. The van der Waals surface area contributed by atoms with Gasteiger partial charge in [-0.3, -0.25) is 0 Å². The maximum absolute atomic E-state index is 2.39. The number of hydrogen-bond donors (Lipinski definition) is 0. The molecule has 0 heterocycles. The van der Waals surface area contributed by atoms with Crippen molar-refractivity contribution in [1.82, 2.24) is 0 Å². The summed E-state index contributed by atoms with van der Waals surface area (Å²) in [5.41, 5.74) is 0. The van der Waals surface area contributed by atoms with Gasteiger partial charge in [-0.05, 0) is 36.5 Å². The summed E-state index contributed by atoms with van der Waals surface area (Å²) in [5, 5.41) is 0. The van der Waals surface area contributed by atoms with E-state index in [1.165, 1.54) is 19.3 Å². The molecular formula is C13H24. The third-order valence-corrected chi connectivity index (χ3v) is 4.74. The first-order valence-electron chi connectivity index (χ1n) is 6.35. The van der Waals surface area contributed by atoms with Gasteiger partial charge in [0.25, 0.3) is 0 Å². The minimum absolute atomic E-state index is 1.07. The highest BCUT2D eigenvalue weighted by Crippen LogP contribution is 2.48. The zero-order valence-corrected chi connectivity index (χ0v) is 9.26. The first kappa shape index (κ1) is 9.55. The Bertz CT molecular complexity index is 143. The number of hydrogen-bond acceptors (Lipinski definition) is 0. The third-order valence-electron chi connectivity index (χ3n) is 4.74. The van der Waals surface area contributed by atoms with Crippen molar-refractivity contribution in [3.63, 3.8) is 0 Å². The van der Waals surface area contributed by atoms with Crippen molar-refractivity contribution in [2.45, 2.75) is 58.8 Å². The van der Waals surface area contributed by atoms with Gasteiger partial charge in [-0.25, -0.2) is 0 Å². The molecule has 2 fully saturated rings. The van der Waals surface area contributed by atoms with Crippen LogP contribution >= 0.6 is 0 Å². The lowest BCUT2D eigenvalue weighted by Gasteiger charge is -2.38. The van der Waals surface area contributed by atoms with Crippen LogP contribution in [0.3, 0.4) is 0 Å². The molecule has 2 rings (SSSR count). The van der Waals surface area contributed by atoms with Crippen LogP contribution in [0.5, 0.6) is 0 Å². The normalized spacial score (nSPS) is 44.8. The second kappa shape index (κ2) is 4.02. The topological polar surface area (TPSA) is 0 Å². The smallest absolute Gasteiger partial charge is 0.0383 e. The van der Waals surface area contributed by atoms with Crippen LogP contribution in [0.2, 0.25) is 0 Å². The molecule has 2 aliphatic carbocycles. The van der Waals surface area contributed by atoms with Gasteiger partial charge in [-0.1, -0.05) is 46.0 Å². The Morgan fingerprint density at radius 2 is 1.31 bits per heavy atom. The van der Waals surface area contributed by atoms with Gasteiger partial charge in [0.1, 0.15) is 0 Å². The van der Waals surface area contributed by atoms with E-state index >= 15 is 0 Å². The Hall–Kier alpha value is 0. The van der Waals surface area contributed by atoms with Crippen molar-refractivity contribution in [3.8, 4) is 0 Å². The van der Waals surface area contributed by atoms with E-state index < -0.39 is 0 Å². The molecular weight excluding hydrogens is 156 g/mol. The van der Waals surface area contributed by atoms with Crippen molar-refractivity contribution in [1.29, 1.82) is 0 Å². The predicted molar refractivity (Wildman–Crippen MR) is 57.6 cm³/mol. The van der Waals surface area contributed by atoms with Gasteiger partial charge in [-0.15, -0.1) is 0 Å². The lowest BCUT2D eigenvalue weighted by molar-refractivity contribution is 0.126. The van der Waals surface area contributed by atoms with Gasteiger partial charge in [0, 0.05) is 0 Å². The fourth-order valence-electron chi connectivity index (χ4n) is 3.90.